The van der Waals surface area contributed by atoms with E-state index in [0.29, 0.717) is 31.6 Å². The molecule has 3 amide bonds. The van der Waals surface area contributed by atoms with Gasteiger partial charge in [0.05, 0.1) is 5.56 Å². The molecule has 1 aromatic carbocycles. The number of nitrogens with two attached hydrogens (primary N) is 1. The number of nitrogens with one attached hydrogen (secondary N) is 2. The van der Waals surface area contributed by atoms with Gasteiger partial charge in [0.15, 0.2) is 11.6 Å². The van der Waals surface area contributed by atoms with Crippen molar-refractivity contribution < 1.29 is 23.2 Å². The minimum atomic E-state index is -1.22. The van der Waals surface area contributed by atoms with Crippen LogP contribution in [0.15, 0.2) is 18.2 Å². The quantitative estimate of drug-likeness (QED) is 0.683. The minimum absolute atomic E-state index is 0.0400. The van der Waals surface area contributed by atoms with Gasteiger partial charge < -0.3 is 16.4 Å². The number of rotatable bonds is 5. The monoisotopic (exact) mass is 417 g/mol. The molecule has 6 rings (SSSR count). The van der Waals surface area contributed by atoms with Crippen molar-refractivity contribution in [3.8, 4) is 0 Å². The lowest BCUT2D eigenvalue weighted by molar-refractivity contribution is -0.147. The van der Waals surface area contributed by atoms with Crippen LogP contribution < -0.4 is 16.4 Å². The molecule has 2 atom stereocenters. The molecule has 0 radical (unpaired) electrons. The van der Waals surface area contributed by atoms with Gasteiger partial charge in [0.1, 0.15) is 5.54 Å². The van der Waals surface area contributed by atoms with Gasteiger partial charge in [-0.25, -0.2) is 8.78 Å². The maximum absolute atomic E-state index is 13.9. The first-order valence-electron chi connectivity index (χ1n) is 10.6. The standard InChI is InChI=1S/C22H25F2N3O3/c23-15-3-1-2-14(16(15)24)18(28)27-22(4-5-22)20(30)26-17-12-6-11-7-13(17)10-21(8-11,9-12)19(25)29/h1-3,11-13,17H,4-10H2,(H2,25,29)(H,26,30)(H,27,28). The molecule has 0 aliphatic heterocycles. The fourth-order valence-corrected chi connectivity index (χ4v) is 6.35. The fraction of sp³-hybridized carbons (Fsp3) is 0.591. The average molecular weight is 417 g/mol. The van der Waals surface area contributed by atoms with E-state index in [1.165, 1.54) is 12.1 Å². The van der Waals surface area contributed by atoms with Gasteiger partial charge in [-0.2, -0.15) is 0 Å². The van der Waals surface area contributed by atoms with Crippen molar-refractivity contribution in [3.05, 3.63) is 35.4 Å². The first-order valence-corrected chi connectivity index (χ1v) is 10.6. The van der Waals surface area contributed by atoms with Gasteiger partial charge in [0.2, 0.25) is 11.8 Å². The zero-order valence-electron chi connectivity index (χ0n) is 16.5. The van der Waals surface area contributed by atoms with Crippen molar-refractivity contribution in [2.24, 2.45) is 28.9 Å². The lowest BCUT2D eigenvalue weighted by Crippen LogP contribution is -2.64. The molecule has 5 aliphatic rings. The molecule has 5 aliphatic carbocycles. The summed E-state index contributed by atoms with van der Waals surface area (Å²) in [6, 6.07) is 3.36. The van der Waals surface area contributed by atoms with Gasteiger partial charge >= 0.3 is 0 Å². The van der Waals surface area contributed by atoms with Crippen LogP contribution in [0.4, 0.5) is 8.78 Å². The molecule has 0 saturated heterocycles. The highest BCUT2D eigenvalue weighted by Gasteiger charge is 2.59. The topological polar surface area (TPSA) is 101 Å². The van der Waals surface area contributed by atoms with Crippen LogP contribution in [0.2, 0.25) is 0 Å². The number of carbonyl (C=O) groups excluding carboxylic acids is 3. The summed E-state index contributed by atoms with van der Waals surface area (Å²) < 4.78 is 27.4. The Balaban J connectivity index is 1.29. The molecular weight excluding hydrogens is 392 g/mol. The number of benzene rings is 1. The molecule has 5 fully saturated rings. The zero-order valence-corrected chi connectivity index (χ0v) is 16.5. The van der Waals surface area contributed by atoms with Crippen LogP contribution in [0, 0.1) is 34.8 Å². The predicted octanol–water partition coefficient (Wildman–Crippen LogP) is 2.02. The van der Waals surface area contributed by atoms with Crippen LogP contribution >= 0.6 is 0 Å². The van der Waals surface area contributed by atoms with Crippen LogP contribution in [0.1, 0.15) is 55.3 Å². The second-order valence-corrected chi connectivity index (χ2v) is 9.75. The van der Waals surface area contributed by atoms with E-state index in [0.717, 1.165) is 25.3 Å². The molecule has 160 valence electrons. The van der Waals surface area contributed by atoms with E-state index in [4.69, 9.17) is 5.73 Å². The maximum atomic E-state index is 13.9. The number of hydrogen-bond donors (Lipinski definition) is 3. The summed E-state index contributed by atoms with van der Waals surface area (Å²) in [6.07, 6.45) is 5.13. The zero-order chi connectivity index (χ0) is 21.3. The molecule has 8 heteroatoms. The fourth-order valence-electron chi connectivity index (χ4n) is 6.35. The van der Waals surface area contributed by atoms with Crippen LogP contribution in [0.3, 0.4) is 0 Å². The van der Waals surface area contributed by atoms with E-state index in [9.17, 15) is 23.2 Å². The second kappa shape index (κ2) is 6.49. The third kappa shape index (κ3) is 2.91. The van der Waals surface area contributed by atoms with Crippen molar-refractivity contribution >= 4 is 17.7 Å². The molecule has 0 spiro atoms. The van der Waals surface area contributed by atoms with E-state index >= 15 is 0 Å². The van der Waals surface area contributed by atoms with E-state index in [2.05, 4.69) is 10.6 Å². The molecule has 4 bridgehead atoms. The van der Waals surface area contributed by atoms with Crippen LogP contribution in [-0.2, 0) is 9.59 Å². The van der Waals surface area contributed by atoms with Crippen LogP contribution in [-0.4, -0.2) is 29.3 Å². The largest absolute Gasteiger partial charge is 0.369 e. The number of halogens is 2. The Kier molecular flexibility index (Phi) is 4.21. The highest BCUT2D eigenvalue weighted by molar-refractivity contribution is 6.01. The molecule has 0 heterocycles. The highest BCUT2D eigenvalue weighted by Crippen LogP contribution is 2.60. The molecule has 0 aromatic heterocycles. The third-order valence-electron chi connectivity index (χ3n) is 7.83. The number of amides is 3. The first kappa shape index (κ1) is 19.5. The summed E-state index contributed by atoms with van der Waals surface area (Å²) in [5.74, 6) is -2.73. The normalized spacial score (nSPS) is 35.0. The molecular formula is C22H25F2N3O3. The summed E-state index contributed by atoms with van der Waals surface area (Å²) in [5, 5.41) is 5.75. The molecule has 2 unspecified atom stereocenters. The van der Waals surface area contributed by atoms with Gasteiger partial charge in [0, 0.05) is 11.5 Å². The predicted molar refractivity (Wildman–Crippen MR) is 103 cm³/mol. The first-order chi connectivity index (χ1) is 14.2. The highest BCUT2D eigenvalue weighted by atomic mass is 19.2. The summed E-state index contributed by atoms with van der Waals surface area (Å²) in [6.45, 7) is 0. The Bertz CT molecular complexity index is 930. The Hall–Kier alpha value is -2.51. The van der Waals surface area contributed by atoms with Gasteiger partial charge in [-0.1, -0.05) is 6.07 Å². The molecule has 6 nitrogen and oxygen atoms in total. The summed E-state index contributed by atoms with van der Waals surface area (Å²) in [5.41, 5.74) is 3.80. The van der Waals surface area contributed by atoms with Crippen molar-refractivity contribution in [2.45, 2.75) is 56.5 Å². The third-order valence-corrected chi connectivity index (χ3v) is 7.83. The molecule has 5 saturated carbocycles. The lowest BCUT2D eigenvalue weighted by Gasteiger charge is -2.59. The Morgan fingerprint density at radius 2 is 1.70 bits per heavy atom. The summed E-state index contributed by atoms with van der Waals surface area (Å²) in [4.78, 5) is 37.6. The number of primary amides is 1. The molecule has 30 heavy (non-hydrogen) atoms. The Morgan fingerprint density at radius 1 is 1.03 bits per heavy atom. The second-order valence-electron chi connectivity index (χ2n) is 9.75. The maximum Gasteiger partial charge on any atom is 0.255 e. The van der Waals surface area contributed by atoms with Crippen LogP contribution in [0.25, 0.3) is 0 Å². The van der Waals surface area contributed by atoms with E-state index in [1.807, 2.05) is 0 Å². The van der Waals surface area contributed by atoms with Crippen molar-refractivity contribution in [1.29, 1.82) is 0 Å². The Morgan fingerprint density at radius 3 is 2.30 bits per heavy atom. The summed E-state index contributed by atoms with van der Waals surface area (Å²) in [7, 11) is 0. The van der Waals surface area contributed by atoms with Gasteiger partial charge in [0.25, 0.3) is 5.91 Å². The molecule has 1 aromatic rings. The number of carbonyl (C=O) groups is 3. The van der Waals surface area contributed by atoms with E-state index < -0.39 is 34.1 Å². The summed E-state index contributed by atoms with van der Waals surface area (Å²) >= 11 is 0. The van der Waals surface area contributed by atoms with Crippen LogP contribution in [0.5, 0.6) is 0 Å². The van der Waals surface area contributed by atoms with E-state index in [1.54, 1.807) is 0 Å². The average Bonchev–Trinajstić information content (AvgIpc) is 3.46. The van der Waals surface area contributed by atoms with Crippen molar-refractivity contribution in [3.63, 3.8) is 0 Å². The number of hydrogen-bond acceptors (Lipinski definition) is 3. The minimum Gasteiger partial charge on any atom is -0.369 e. The lowest BCUT2D eigenvalue weighted by atomic mass is 9.47. The van der Waals surface area contributed by atoms with Crippen molar-refractivity contribution in [2.75, 3.05) is 0 Å². The SMILES string of the molecule is NC(=O)C12CC3CC(C1)C(NC(=O)C1(NC(=O)c4cccc(F)c4F)CC1)C(C3)C2. The van der Waals surface area contributed by atoms with Crippen molar-refractivity contribution in [1.82, 2.24) is 10.6 Å². The van der Waals surface area contributed by atoms with Gasteiger partial charge in [-0.15, -0.1) is 0 Å². The van der Waals surface area contributed by atoms with E-state index in [-0.39, 0.29) is 29.7 Å². The van der Waals surface area contributed by atoms with Gasteiger partial charge in [-0.3, -0.25) is 14.4 Å². The molecule has 4 N–H and O–H groups in total. The van der Waals surface area contributed by atoms with Gasteiger partial charge in [-0.05, 0) is 74.8 Å². The Labute approximate surface area is 173 Å². The smallest absolute Gasteiger partial charge is 0.255 e.